The van der Waals surface area contributed by atoms with Gasteiger partial charge in [-0.3, -0.25) is 4.79 Å². The van der Waals surface area contributed by atoms with Crippen LogP contribution in [0.4, 0.5) is 0 Å². The van der Waals surface area contributed by atoms with Crippen LogP contribution in [-0.4, -0.2) is 74.7 Å². The minimum atomic E-state index is -0.899. The molecule has 0 spiro atoms. The monoisotopic (exact) mass is 361 g/mol. The predicted octanol–water partition coefficient (Wildman–Crippen LogP) is 2.62. The van der Waals surface area contributed by atoms with E-state index in [1.807, 2.05) is 0 Å². The van der Waals surface area contributed by atoms with Crippen LogP contribution < -0.4 is 0 Å². The lowest BCUT2D eigenvalue weighted by molar-refractivity contribution is -0.168. The number of carbonyl (C=O) groups is 1. The smallest absolute Gasteiger partial charge is 0.254 e. The third kappa shape index (κ3) is 10.8. The zero-order valence-electron chi connectivity index (χ0n) is 16.8. The molecule has 1 amide bonds. The molecule has 0 aromatic rings. The summed E-state index contributed by atoms with van der Waals surface area (Å²) < 4.78 is 17.2. The molecule has 0 aliphatic carbocycles. The molecule has 0 saturated heterocycles. The summed E-state index contributed by atoms with van der Waals surface area (Å²) in [6.45, 7) is 7.92. The van der Waals surface area contributed by atoms with Gasteiger partial charge < -0.3 is 24.2 Å². The Morgan fingerprint density at radius 1 is 0.920 bits per heavy atom. The fraction of sp³-hybridized carbons (Fsp3) is 0.947. The van der Waals surface area contributed by atoms with Gasteiger partial charge in [-0.05, 0) is 19.3 Å². The summed E-state index contributed by atoms with van der Waals surface area (Å²) in [5.74, 6) is -0.190. The van der Waals surface area contributed by atoms with Crippen LogP contribution in [0.1, 0.15) is 59.3 Å². The number of amides is 1. The molecule has 150 valence electrons. The minimum Gasteiger partial charge on any atom is -0.388 e. The third-order valence-electron chi connectivity index (χ3n) is 3.90. The van der Waals surface area contributed by atoms with Gasteiger partial charge >= 0.3 is 0 Å². The molecule has 3 atom stereocenters. The van der Waals surface area contributed by atoms with E-state index in [1.54, 1.807) is 14.1 Å². The van der Waals surface area contributed by atoms with E-state index in [-0.39, 0.29) is 12.5 Å². The highest BCUT2D eigenvalue weighted by molar-refractivity contribution is 5.81. The van der Waals surface area contributed by atoms with Crippen LogP contribution >= 0.6 is 0 Å². The van der Waals surface area contributed by atoms with E-state index >= 15 is 0 Å². The maximum atomic E-state index is 12.6. The zero-order valence-corrected chi connectivity index (χ0v) is 16.8. The first kappa shape index (κ1) is 24.3. The van der Waals surface area contributed by atoms with Gasteiger partial charge in [0.1, 0.15) is 12.2 Å². The van der Waals surface area contributed by atoms with Gasteiger partial charge in [-0.15, -0.1) is 0 Å². The van der Waals surface area contributed by atoms with Crippen molar-refractivity contribution in [2.75, 3.05) is 40.5 Å². The van der Waals surface area contributed by atoms with Gasteiger partial charge in [0, 0.05) is 33.9 Å². The van der Waals surface area contributed by atoms with E-state index in [0.717, 1.165) is 38.5 Å². The number of nitrogens with zero attached hydrogens (tertiary/aromatic N) is 1. The Kier molecular flexibility index (Phi) is 15.1. The molecule has 0 unspecified atom stereocenters. The fourth-order valence-corrected chi connectivity index (χ4v) is 2.23. The number of hydrogen-bond acceptors (Lipinski definition) is 5. The molecular weight excluding hydrogens is 322 g/mol. The lowest BCUT2D eigenvalue weighted by Gasteiger charge is -2.31. The predicted molar refractivity (Wildman–Crippen MR) is 99.7 cm³/mol. The maximum Gasteiger partial charge on any atom is 0.254 e. The lowest BCUT2D eigenvalue weighted by atomic mass is 10.1. The normalized spacial score (nSPS) is 15.0. The average molecular weight is 362 g/mol. The number of likely N-dealkylation sites (N-methyl/N-ethyl adjacent to an activating group) is 1. The van der Waals surface area contributed by atoms with Crippen LogP contribution in [-0.2, 0) is 19.0 Å². The number of unbranched alkanes of at least 4 members (excludes halogenated alkanes) is 3. The second-order valence-corrected chi connectivity index (χ2v) is 6.56. The topological polar surface area (TPSA) is 68.2 Å². The molecule has 0 aromatic carbocycles. The van der Waals surface area contributed by atoms with E-state index in [1.165, 1.54) is 4.90 Å². The highest BCUT2D eigenvalue weighted by Gasteiger charge is 2.36. The molecule has 25 heavy (non-hydrogen) atoms. The highest BCUT2D eigenvalue weighted by atomic mass is 16.6. The van der Waals surface area contributed by atoms with Crippen molar-refractivity contribution in [2.45, 2.75) is 77.6 Å². The first-order chi connectivity index (χ1) is 12.0. The number of aliphatic hydroxyl groups excluding tert-OH is 1. The Labute approximate surface area is 153 Å². The van der Waals surface area contributed by atoms with E-state index in [4.69, 9.17) is 14.2 Å². The molecule has 6 heteroatoms. The number of aliphatic hydroxyl groups is 1. The lowest BCUT2D eigenvalue weighted by Crippen LogP contribution is -2.51. The summed E-state index contributed by atoms with van der Waals surface area (Å²) in [5.41, 5.74) is 0. The van der Waals surface area contributed by atoms with Crippen molar-refractivity contribution in [1.82, 2.24) is 4.90 Å². The molecule has 0 radical (unpaired) electrons. The standard InChI is InChI=1S/C19H39NO5/c1-6-9-12-23-15-16(21)17(24-13-10-7-2)18(19(22)20(4)5)25-14-11-8-3/h16-18,21H,6-15H2,1-5H3/t16-,17-,18-/m1/s1. The van der Waals surface area contributed by atoms with E-state index in [9.17, 15) is 9.90 Å². The number of carbonyl (C=O) groups excluding carboxylic acids is 1. The molecule has 0 aliphatic heterocycles. The van der Waals surface area contributed by atoms with Crippen LogP contribution in [0.2, 0.25) is 0 Å². The Hall–Kier alpha value is -0.690. The minimum absolute atomic E-state index is 0.144. The highest BCUT2D eigenvalue weighted by Crippen LogP contribution is 2.14. The van der Waals surface area contributed by atoms with Crippen LogP contribution in [0.15, 0.2) is 0 Å². The van der Waals surface area contributed by atoms with Crippen molar-refractivity contribution in [3.8, 4) is 0 Å². The SMILES string of the molecule is CCCCOC[C@@H](O)[C@@H](OCCCC)[C@@H](OCCCC)C(=O)N(C)C. The molecule has 0 aliphatic rings. The summed E-state index contributed by atoms with van der Waals surface area (Å²) in [4.78, 5) is 14.0. The summed E-state index contributed by atoms with van der Waals surface area (Å²) in [7, 11) is 3.37. The Bertz CT molecular complexity index is 325. The molecule has 0 rings (SSSR count). The largest absolute Gasteiger partial charge is 0.388 e. The van der Waals surface area contributed by atoms with Gasteiger partial charge in [-0.25, -0.2) is 0 Å². The van der Waals surface area contributed by atoms with Crippen molar-refractivity contribution in [1.29, 1.82) is 0 Å². The molecular formula is C19H39NO5. The Balaban J connectivity index is 4.98. The van der Waals surface area contributed by atoms with E-state index in [0.29, 0.717) is 19.8 Å². The molecule has 0 heterocycles. The Morgan fingerprint density at radius 2 is 1.44 bits per heavy atom. The van der Waals surface area contributed by atoms with Gasteiger partial charge in [0.05, 0.1) is 6.61 Å². The first-order valence-electron chi connectivity index (χ1n) is 9.69. The molecule has 1 N–H and O–H groups in total. The summed E-state index contributed by atoms with van der Waals surface area (Å²) >= 11 is 0. The number of rotatable bonds is 16. The third-order valence-corrected chi connectivity index (χ3v) is 3.90. The number of hydrogen-bond donors (Lipinski definition) is 1. The van der Waals surface area contributed by atoms with Gasteiger partial charge in [-0.2, -0.15) is 0 Å². The van der Waals surface area contributed by atoms with E-state index in [2.05, 4.69) is 20.8 Å². The molecule has 0 bridgehead atoms. The molecule has 0 fully saturated rings. The molecule has 0 aromatic heterocycles. The zero-order chi connectivity index (χ0) is 19.1. The van der Waals surface area contributed by atoms with Gasteiger partial charge in [0.25, 0.3) is 5.91 Å². The van der Waals surface area contributed by atoms with E-state index < -0.39 is 18.3 Å². The fourth-order valence-electron chi connectivity index (χ4n) is 2.23. The summed E-state index contributed by atoms with van der Waals surface area (Å²) in [5, 5.41) is 10.6. The van der Waals surface area contributed by atoms with Crippen molar-refractivity contribution in [3.63, 3.8) is 0 Å². The van der Waals surface area contributed by atoms with Crippen molar-refractivity contribution >= 4 is 5.91 Å². The van der Waals surface area contributed by atoms with Crippen LogP contribution in [0.5, 0.6) is 0 Å². The average Bonchev–Trinajstić information content (AvgIpc) is 2.59. The van der Waals surface area contributed by atoms with Gasteiger partial charge in [0.2, 0.25) is 0 Å². The maximum absolute atomic E-state index is 12.6. The second-order valence-electron chi connectivity index (χ2n) is 6.56. The van der Waals surface area contributed by atoms with Gasteiger partial charge in [-0.1, -0.05) is 40.0 Å². The van der Waals surface area contributed by atoms with Crippen molar-refractivity contribution in [2.24, 2.45) is 0 Å². The number of ether oxygens (including phenoxy) is 3. The molecule has 6 nitrogen and oxygen atoms in total. The summed E-state index contributed by atoms with van der Waals surface area (Å²) in [6.07, 6.45) is 3.24. The van der Waals surface area contributed by atoms with Crippen LogP contribution in [0.25, 0.3) is 0 Å². The van der Waals surface area contributed by atoms with Gasteiger partial charge in [0.15, 0.2) is 6.10 Å². The summed E-state index contributed by atoms with van der Waals surface area (Å²) in [6, 6.07) is 0. The first-order valence-corrected chi connectivity index (χ1v) is 9.69. The molecule has 0 saturated carbocycles. The Morgan fingerprint density at radius 3 is 1.96 bits per heavy atom. The quantitative estimate of drug-likeness (QED) is 0.428. The second kappa shape index (κ2) is 15.6. The van der Waals surface area contributed by atoms with Crippen LogP contribution in [0, 0.1) is 0 Å². The van der Waals surface area contributed by atoms with Crippen molar-refractivity contribution < 1.29 is 24.1 Å². The van der Waals surface area contributed by atoms with Crippen LogP contribution in [0.3, 0.4) is 0 Å². The van der Waals surface area contributed by atoms with Crippen molar-refractivity contribution in [3.05, 3.63) is 0 Å².